The highest BCUT2D eigenvalue weighted by molar-refractivity contribution is 4.86. The number of hydrogen-bond donors (Lipinski definition) is 4. The van der Waals surface area contributed by atoms with E-state index in [0.717, 1.165) is 0 Å². The average molecular weight is 176 g/mol. The standard InChI is InChI=1S/C6H12O5/c1-2-3(7)4(8)5(9)6(10)11-2/h2-10H,1H3/t2-,3-,4+,5+,6?/m0/s1/i1D3,2D,3D,4D,5D,6D,7D,8D,9D,10D. The first-order valence-electron chi connectivity index (χ1n) is 8.11. The molecular formula is C6H12O5. The van der Waals surface area contributed by atoms with Crippen LogP contribution in [0.25, 0.3) is 0 Å². The normalized spacial score (nSPS) is 103. The van der Waals surface area contributed by atoms with Crippen molar-refractivity contribution < 1.29 is 36.1 Å². The quantitative estimate of drug-likeness (QED) is 0.390. The third kappa shape index (κ3) is 1.52. The van der Waals surface area contributed by atoms with Crippen LogP contribution in [0.4, 0.5) is 0 Å². The summed E-state index contributed by atoms with van der Waals surface area (Å²) in [5.41, 5.74) is 0. The summed E-state index contributed by atoms with van der Waals surface area (Å²) in [5.74, 6) is 0. The third-order valence-corrected chi connectivity index (χ3v) is 0.999. The lowest BCUT2D eigenvalue weighted by Crippen LogP contribution is -2.56. The van der Waals surface area contributed by atoms with E-state index in [0.29, 0.717) is 0 Å². The molecule has 0 radical (unpaired) electrons. The van der Waals surface area contributed by atoms with Crippen molar-refractivity contribution in [3.8, 4) is 0 Å². The number of hydrogen-bond acceptors (Lipinski definition) is 5. The van der Waals surface area contributed by atoms with Crippen LogP contribution in [0.5, 0.6) is 0 Å². The summed E-state index contributed by atoms with van der Waals surface area (Å²) < 4.78 is 92.4. The summed E-state index contributed by atoms with van der Waals surface area (Å²) in [6, 6.07) is 0. The molecule has 1 saturated heterocycles. The van der Waals surface area contributed by atoms with Gasteiger partial charge in [0.15, 0.2) is 6.27 Å². The van der Waals surface area contributed by atoms with E-state index in [1.165, 1.54) is 0 Å². The Balaban J connectivity index is 3.86. The predicted molar refractivity (Wildman–Crippen MR) is 34.6 cm³/mol. The Kier molecular flexibility index (Phi) is 0.551. The zero-order valence-corrected chi connectivity index (χ0v) is 5.04. The molecule has 0 aromatic heterocycles. The minimum atomic E-state index is -3.82. The topological polar surface area (TPSA) is 90.2 Å². The molecule has 5 heteroatoms. The molecule has 0 saturated carbocycles. The average Bonchev–Trinajstić information content (AvgIpc) is 2.49. The fourth-order valence-corrected chi connectivity index (χ4v) is 0.484. The molecule has 0 aromatic rings. The first kappa shape index (κ1) is 2.00. The Morgan fingerprint density at radius 1 is 1.27 bits per heavy atom. The molecule has 0 amide bonds. The molecule has 1 heterocycles. The lowest BCUT2D eigenvalue weighted by atomic mass is 10.0. The molecular weight excluding hydrogens is 152 g/mol. The molecule has 0 spiro atoms. The molecule has 4 N–H and O–H groups in total. The van der Waals surface area contributed by atoms with Crippen LogP contribution in [0.1, 0.15) is 17.8 Å². The maximum Gasteiger partial charge on any atom is 0.213 e. The molecule has 1 fully saturated rings. The largest absolute Gasteiger partial charge is 0.388 e. The van der Waals surface area contributed by atoms with E-state index in [-0.39, 0.29) is 0 Å². The number of aliphatic hydroxyl groups is 4. The van der Waals surface area contributed by atoms with Gasteiger partial charge >= 0.3 is 0 Å². The van der Waals surface area contributed by atoms with Gasteiger partial charge < -0.3 is 25.2 Å². The molecule has 11 heavy (non-hydrogen) atoms. The predicted octanol–water partition coefficient (Wildman–Crippen LogP) is -2.19. The highest BCUT2D eigenvalue weighted by atomic mass is 16.6. The minimum Gasteiger partial charge on any atom is -0.388 e. The van der Waals surface area contributed by atoms with Crippen LogP contribution in [0.3, 0.4) is 0 Å². The third-order valence-electron chi connectivity index (χ3n) is 0.999. The smallest absolute Gasteiger partial charge is 0.213 e. The van der Waals surface area contributed by atoms with Crippen molar-refractivity contribution in [1.82, 2.24) is 0 Å². The van der Waals surface area contributed by atoms with Gasteiger partial charge in [0, 0.05) is 4.11 Å². The highest BCUT2D eigenvalue weighted by Gasteiger charge is 2.40. The molecule has 1 aliphatic rings. The van der Waals surface area contributed by atoms with Gasteiger partial charge in [-0.25, -0.2) is 0 Å². The van der Waals surface area contributed by atoms with Gasteiger partial charge in [-0.2, -0.15) is 0 Å². The molecule has 5 atom stereocenters. The van der Waals surface area contributed by atoms with E-state index in [9.17, 15) is 0 Å². The lowest BCUT2D eigenvalue weighted by molar-refractivity contribution is -0.277. The second-order valence-electron chi connectivity index (χ2n) is 1.71. The molecule has 1 aliphatic heterocycles. The first-order chi connectivity index (χ1) is 10.2. The van der Waals surface area contributed by atoms with E-state index in [2.05, 4.69) is 25.2 Å². The van der Waals surface area contributed by atoms with Gasteiger partial charge in [-0.15, -0.1) is 0 Å². The minimum absolute atomic E-state index is 3.68. The van der Waals surface area contributed by atoms with Gasteiger partial charge in [-0.05, 0) is 6.85 Å². The van der Waals surface area contributed by atoms with E-state index in [4.69, 9.17) is 16.7 Å². The summed E-state index contributed by atoms with van der Waals surface area (Å²) in [5, 5.41) is 15.1. The molecule has 66 valence electrons. The molecule has 1 rings (SSSR count). The summed E-state index contributed by atoms with van der Waals surface area (Å²) in [6.45, 7) is -3.69. The zero-order valence-electron chi connectivity index (χ0n) is 17.0. The Hall–Kier alpha value is -0.200. The first-order valence-corrected chi connectivity index (χ1v) is 2.47. The Morgan fingerprint density at radius 2 is 2.09 bits per heavy atom. The van der Waals surface area contributed by atoms with Crippen molar-refractivity contribution in [1.29, 1.82) is 5.72 Å². The Bertz CT molecular complexity index is 464. The second-order valence-corrected chi connectivity index (χ2v) is 1.71. The van der Waals surface area contributed by atoms with Crippen LogP contribution >= 0.6 is 0 Å². The van der Waals surface area contributed by atoms with Gasteiger partial charge in [0.05, 0.1) is 12.9 Å². The fraction of sp³-hybridized carbons (Fsp3) is 1.00. The van der Waals surface area contributed by atoms with E-state index in [1.54, 1.807) is 0 Å². The molecule has 0 aliphatic carbocycles. The monoisotopic (exact) mass is 176 g/mol. The molecule has 0 bridgehead atoms. The van der Waals surface area contributed by atoms with Crippen LogP contribution in [-0.4, -0.2) is 56.7 Å². The molecule has 0 aromatic carbocycles. The van der Waals surface area contributed by atoms with Crippen molar-refractivity contribution in [3.63, 3.8) is 0 Å². The summed E-state index contributed by atoms with van der Waals surface area (Å²) in [7, 11) is 0. The van der Waals surface area contributed by atoms with E-state index >= 15 is 0 Å². The van der Waals surface area contributed by atoms with Crippen molar-refractivity contribution in [3.05, 3.63) is 0 Å². The van der Waals surface area contributed by atoms with Crippen LogP contribution in [0.2, 0.25) is 0 Å². The van der Waals surface area contributed by atoms with E-state index in [1.807, 2.05) is 0 Å². The van der Waals surface area contributed by atoms with Crippen molar-refractivity contribution in [2.24, 2.45) is 0 Å². The molecule has 5 nitrogen and oxygen atoms in total. The van der Waals surface area contributed by atoms with Gasteiger partial charge in [-0.1, -0.05) is 0 Å². The van der Waals surface area contributed by atoms with Crippen LogP contribution in [-0.2, 0) is 4.74 Å². The summed E-state index contributed by atoms with van der Waals surface area (Å²) in [6.07, 6.45) is -18.8. The van der Waals surface area contributed by atoms with Gasteiger partial charge in [0.1, 0.15) is 18.2 Å². The summed E-state index contributed by atoms with van der Waals surface area (Å²) in [4.78, 5) is 0. The SMILES string of the molecule is [2H]OC1([2H])O[C@@]([2H])(C([2H])([2H])[2H])[C@]([2H])(O[2H])[C@@]([2H])(O[2H])[C@@]1([2H])O[2H]. The number of ether oxygens (including phenoxy) is 1. The zero-order chi connectivity index (χ0) is 18.5. The lowest BCUT2D eigenvalue weighted by Gasteiger charge is -2.36. The van der Waals surface area contributed by atoms with Crippen molar-refractivity contribution >= 4 is 0 Å². The van der Waals surface area contributed by atoms with Crippen LogP contribution < -0.4 is 0 Å². The van der Waals surface area contributed by atoms with Crippen molar-refractivity contribution in [2.45, 2.75) is 37.4 Å². The Morgan fingerprint density at radius 3 is 2.64 bits per heavy atom. The Labute approximate surface area is 81.1 Å². The van der Waals surface area contributed by atoms with Crippen molar-refractivity contribution in [2.75, 3.05) is 0 Å². The second kappa shape index (κ2) is 3.04. The van der Waals surface area contributed by atoms with Crippen LogP contribution in [0, 0.1) is 0 Å². The molecule has 1 unspecified atom stereocenters. The highest BCUT2D eigenvalue weighted by Crippen LogP contribution is 2.18. The summed E-state index contributed by atoms with van der Waals surface area (Å²) >= 11 is 0. The van der Waals surface area contributed by atoms with Gasteiger partial charge in [0.25, 0.3) is 0 Å². The van der Waals surface area contributed by atoms with Gasteiger partial charge in [-0.3, -0.25) is 0 Å². The van der Waals surface area contributed by atoms with Crippen LogP contribution in [0.15, 0.2) is 0 Å². The maximum absolute atomic E-state index is 7.86. The number of rotatable bonds is 4. The fourth-order valence-electron chi connectivity index (χ4n) is 0.484. The van der Waals surface area contributed by atoms with Gasteiger partial charge in [0.2, 0.25) is 5.72 Å². The van der Waals surface area contributed by atoms with E-state index < -0.39 is 37.4 Å². The maximum atomic E-state index is 7.86.